The maximum absolute atomic E-state index is 14.9. The Kier molecular flexibility index (Phi) is 5.81. The number of hydrogen-bond donors (Lipinski definition) is 3. The lowest BCUT2D eigenvalue weighted by Gasteiger charge is -2.30. The van der Waals surface area contributed by atoms with E-state index in [-0.39, 0.29) is 30.7 Å². The molecule has 180 valence electrons. The number of nitrogens with one attached hydrogen (secondary N) is 2. The number of benzene rings is 2. The fraction of sp³-hybridized carbons (Fsp3) is 0.200. The third kappa shape index (κ3) is 4.52. The largest absolute Gasteiger partial charge is 0.464 e. The number of anilines is 1. The molecule has 35 heavy (non-hydrogen) atoms. The molecule has 0 bridgehead atoms. The Morgan fingerprint density at radius 3 is 2.66 bits per heavy atom. The topological polar surface area (TPSA) is 91.8 Å². The fourth-order valence-corrected chi connectivity index (χ4v) is 3.73. The Labute approximate surface area is 198 Å². The molecule has 0 unspecified atom stereocenters. The van der Waals surface area contributed by atoms with Crippen molar-refractivity contribution in [2.45, 2.75) is 6.92 Å². The lowest BCUT2D eigenvalue weighted by atomic mass is 9.93. The van der Waals surface area contributed by atoms with Crippen LogP contribution in [-0.4, -0.2) is 40.9 Å². The van der Waals surface area contributed by atoms with Gasteiger partial charge < -0.3 is 24.9 Å². The SMILES string of the molecule is C[C@]1(CO)CN=C(Nc2cc(F)c(Oc3ccnc4[nH]cc(-c5cccc(F)c5)c34)c(F)c2)OC1. The summed E-state index contributed by atoms with van der Waals surface area (Å²) >= 11 is 0. The Morgan fingerprint density at radius 2 is 1.97 bits per heavy atom. The third-order valence-electron chi connectivity index (χ3n) is 5.68. The van der Waals surface area contributed by atoms with Gasteiger partial charge in [0.15, 0.2) is 17.4 Å². The third-order valence-corrected chi connectivity index (χ3v) is 5.68. The molecular formula is C25H21F3N4O3. The molecule has 1 atom stereocenters. The van der Waals surface area contributed by atoms with E-state index in [0.29, 0.717) is 28.7 Å². The number of pyridine rings is 1. The zero-order valence-corrected chi connectivity index (χ0v) is 18.6. The molecule has 0 amide bonds. The van der Waals surface area contributed by atoms with E-state index in [1.807, 2.05) is 6.92 Å². The van der Waals surface area contributed by atoms with Crippen molar-refractivity contribution < 1.29 is 27.8 Å². The van der Waals surface area contributed by atoms with E-state index in [4.69, 9.17) is 9.47 Å². The van der Waals surface area contributed by atoms with Crippen molar-refractivity contribution in [2.75, 3.05) is 25.1 Å². The van der Waals surface area contributed by atoms with E-state index < -0.39 is 28.6 Å². The van der Waals surface area contributed by atoms with Crippen molar-refractivity contribution in [1.82, 2.24) is 9.97 Å². The molecule has 7 nitrogen and oxygen atoms in total. The predicted molar refractivity (Wildman–Crippen MR) is 125 cm³/mol. The second-order valence-electron chi connectivity index (χ2n) is 8.62. The standard InChI is InChI=1S/C25H21F3N4O3/c1-25(12-33)11-31-24(34-13-25)32-16-8-18(27)22(19(28)9-16)35-20-5-6-29-23-21(20)17(10-30-23)14-3-2-4-15(26)7-14/h2-10,33H,11-13H2,1H3,(H,29,30)(H,31,32)/t25-/m1/s1. The maximum atomic E-state index is 14.9. The molecule has 1 aliphatic rings. The van der Waals surface area contributed by atoms with Crippen LogP contribution in [-0.2, 0) is 4.74 Å². The van der Waals surface area contributed by atoms with Gasteiger partial charge in [0.1, 0.15) is 23.8 Å². The van der Waals surface area contributed by atoms with Crippen molar-refractivity contribution in [3.63, 3.8) is 0 Å². The summed E-state index contributed by atoms with van der Waals surface area (Å²) in [5.74, 6) is -2.77. The lowest BCUT2D eigenvalue weighted by molar-refractivity contribution is 0.0706. The number of ether oxygens (including phenoxy) is 2. The molecule has 0 spiro atoms. The normalized spacial score (nSPS) is 17.7. The molecule has 1 aliphatic heterocycles. The van der Waals surface area contributed by atoms with Crippen LogP contribution in [0.1, 0.15) is 6.92 Å². The van der Waals surface area contributed by atoms with Gasteiger partial charge in [0.05, 0.1) is 18.5 Å². The molecule has 0 fully saturated rings. The first-order chi connectivity index (χ1) is 16.8. The summed E-state index contributed by atoms with van der Waals surface area (Å²) in [6.07, 6.45) is 3.07. The number of halogens is 3. The van der Waals surface area contributed by atoms with Crippen LogP contribution >= 0.6 is 0 Å². The van der Waals surface area contributed by atoms with Crippen LogP contribution in [0.2, 0.25) is 0 Å². The highest BCUT2D eigenvalue weighted by Crippen LogP contribution is 2.38. The molecule has 5 rings (SSSR count). The van der Waals surface area contributed by atoms with E-state index in [9.17, 15) is 18.3 Å². The lowest BCUT2D eigenvalue weighted by Crippen LogP contribution is -2.38. The molecule has 0 aliphatic carbocycles. The highest BCUT2D eigenvalue weighted by Gasteiger charge is 2.29. The number of fused-ring (bicyclic) bond motifs is 1. The Morgan fingerprint density at radius 1 is 1.17 bits per heavy atom. The Hall–Kier alpha value is -4.05. The summed E-state index contributed by atoms with van der Waals surface area (Å²) in [4.78, 5) is 11.4. The van der Waals surface area contributed by atoms with Crippen LogP contribution in [0.15, 0.2) is 59.9 Å². The van der Waals surface area contributed by atoms with Gasteiger partial charge in [-0.2, -0.15) is 0 Å². The van der Waals surface area contributed by atoms with Crippen LogP contribution in [0.4, 0.5) is 18.9 Å². The van der Waals surface area contributed by atoms with E-state index >= 15 is 0 Å². The number of aromatic nitrogens is 2. The summed E-state index contributed by atoms with van der Waals surface area (Å²) in [6.45, 7) is 2.24. The molecule has 3 N–H and O–H groups in total. The highest BCUT2D eigenvalue weighted by atomic mass is 19.1. The highest BCUT2D eigenvalue weighted by molar-refractivity contribution is 5.98. The number of aliphatic imine (C=N–C) groups is 1. The molecular weight excluding hydrogens is 461 g/mol. The van der Waals surface area contributed by atoms with Gasteiger partial charge in [0.25, 0.3) is 6.02 Å². The molecule has 0 saturated heterocycles. The zero-order valence-electron chi connectivity index (χ0n) is 18.6. The summed E-state index contributed by atoms with van der Waals surface area (Å²) in [5, 5.41) is 12.6. The minimum Gasteiger partial charge on any atom is -0.464 e. The minimum absolute atomic E-state index is 0.0840. The van der Waals surface area contributed by atoms with Crippen LogP contribution in [0, 0.1) is 22.9 Å². The Balaban J connectivity index is 1.44. The van der Waals surface area contributed by atoms with Gasteiger partial charge in [-0.1, -0.05) is 19.1 Å². The monoisotopic (exact) mass is 482 g/mol. The first-order valence-electron chi connectivity index (χ1n) is 10.8. The van der Waals surface area contributed by atoms with Crippen molar-refractivity contribution in [3.05, 3.63) is 72.3 Å². The second-order valence-corrected chi connectivity index (χ2v) is 8.62. The minimum atomic E-state index is -0.947. The average Bonchev–Trinajstić information content (AvgIpc) is 3.28. The van der Waals surface area contributed by atoms with E-state index in [1.165, 1.54) is 24.4 Å². The number of aromatic amines is 1. The number of aliphatic hydroxyl groups excluding tert-OH is 1. The van der Waals surface area contributed by atoms with E-state index in [0.717, 1.165) is 12.1 Å². The van der Waals surface area contributed by atoms with Crippen LogP contribution < -0.4 is 10.1 Å². The van der Waals surface area contributed by atoms with Crippen LogP contribution in [0.3, 0.4) is 0 Å². The quantitative estimate of drug-likeness (QED) is 0.362. The molecule has 4 aromatic rings. The summed E-state index contributed by atoms with van der Waals surface area (Å²) in [7, 11) is 0. The average molecular weight is 482 g/mol. The number of rotatable bonds is 5. The van der Waals surface area contributed by atoms with Gasteiger partial charge in [-0.25, -0.2) is 23.1 Å². The van der Waals surface area contributed by atoms with E-state index in [2.05, 4.69) is 20.3 Å². The summed E-state index contributed by atoms with van der Waals surface area (Å²) < 4.78 is 54.8. The number of aliphatic hydroxyl groups is 1. The van der Waals surface area contributed by atoms with Crippen molar-refractivity contribution >= 4 is 22.7 Å². The first-order valence-corrected chi connectivity index (χ1v) is 10.8. The van der Waals surface area contributed by atoms with Gasteiger partial charge in [-0.3, -0.25) is 0 Å². The van der Waals surface area contributed by atoms with E-state index in [1.54, 1.807) is 18.3 Å². The van der Waals surface area contributed by atoms with Crippen molar-refractivity contribution in [2.24, 2.45) is 10.4 Å². The van der Waals surface area contributed by atoms with Crippen molar-refractivity contribution in [1.29, 1.82) is 0 Å². The maximum Gasteiger partial charge on any atom is 0.289 e. The number of hydrogen-bond acceptors (Lipinski definition) is 6. The summed E-state index contributed by atoms with van der Waals surface area (Å²) in [6, 6.07) is 9.65. The van der Waals surface area contributed by atoms with Crippen LogP contribution in [0.5, 0.6) is 11.5 Å². The Bertz CT molecular complexity index is 1420. The molecule has 10 heteroatoms. The smallest absolute Gasteiger partial charge is 0.289 e. The second kappa shape index (κ2) is 8.95. The van der Waals surface area contributed by atoms with Gasteiger partial charge in [-0.15, -0.1) is 0 Å². The molecule has 2 aromatic heterocycles. The molecule has 2 aromatic carbocycles. The number of nitrogens with zero attached hydrogens (tertiary/aromatic N) is 2. The molecule has 0 radical (unpaired) electrons. The first kappa shape index (κ1) is 22.7. The number of amidine groups is 1. The summed E-state index contributed by atoms with van der Waals surface area (Å²) in [5.41, 5.74) is 1.13. The predicted octanol–water partition coefficient (Wildman–Crippen LogP) is 5.24. The van der Waals surface area contributed by atoms with Gasteiger partial charge in [0, 0.05) is 41.2 Å². The fourth-order valence-electron chi connectivity index (χ4n) is 3.73. The number of H-pyrrole nitrogens is 1. The zero-order chi connectivity index (χ0) is 24.6. The molecule has 3 heterocycles. The van der Waals surface area contributed by atoms with Crippen molar-refractivity contribution in [3.8, 4) is 22.6 Å². The van der Waals surface area contributed by atoms with Gasteiger partial charge in [-0.05, 0) is 23.8 Å². The van der Waals surface area contributed by atoms with Gasteiger partial charge in [0.2, 0.25) is 0 Å². The molecule has 0 saturated carbocycles. The van der Waals surface area contributed by atoms with Gasteiger partial charge >= 0.3 is 0 Å². The van der Waals surface area contributed by atoms with Crippen LogP contribution in [0.25, 0.3) is 22.2 Å².